The van der Waals surface area contributed by atoms with E-state index < -0.39 is 22.6 Å². The van der Waals surface area contributed by atoms with Crippen LogP contribution in [-0.4, -0.2) is 28.7 Å². The number of halogens is 1. The molecule has 0 radical (unpaired) electrons. The van der Waals surface area contributed by atoms with E-state index in [0.29, 0.717) is 11.3 Å². The Hall–Kier alpha value is -2.16. The van der Waals surface area contributed by atoms with E-state index in [1.54, 1.807) is 6.92 Å². The number of esters is 1. The first kappa shape index (κ1) is 16.2. The van der Waals surface area contributed by atoms with Crippen LogP contribution < -0.4 is 5.56 Å². The molecule has 1 aromatic rings. The number of pyridine rings is 1. The van der Waals surface area contributed by atoms with Crippen LogP contribution in [0.3, 0.4) is 0 Å². The zero-order valence-corrected chi connectivity index (χ0v) is 13.5. The van der Waals surface area contributed by atoms with Crippen molar-refractivity contribution in [2.45, 2.75) is 26.0 Å². The Kier molecular flexibility index (Phi) is 4.65. The molecule has 0 saturated carbocycles. The third-order valence-electron chi connectivity index (χ3n) is 3.27. The van der Waals surface area contributed by atoms with Crippen LogP contribution in [0.4, 0.5) is 5.69 Å². The highest BCUT2D eigenvalue weighted by Crippen LogP contribution is 2.27. The molecule has 22 heavy (non-hydrogen) atoms. The number of methoxy groups -OCH3 is 1. The van der Waals surface area contributed by atoms with Crippen molar-refractivity contribution in [1.29, 1.82) is 0 Å². The minimum Gasteiger partial charge on any atom is -0.492 e. The second-order valence-electron chi connectivity index (χ2n) is 4.73. The molecule has 0 saturated heterocycles. The Morgan fingerprint density at radius 2 is 2.32 bits per heavy atom. The van der Waals surface area contributed by atoms with Gasteiger partial charge in [-0.15, -0.1) is 0 Å². The van der Waals surface area contributed by atoms with Crippen LogP contribution in [0, 0.1) is 10.1 Å². The summed E-state index contributed by atoms with van der Waals surface area (Å²) < 4.78 is 11.5. The molecule has 0 aliphatic carbocycles. The monoisotopic (exact) mass is 372 g/mol. The van der Waals surface area contributed by atoms with Crippen molar-refractivity contribution < 1.29 is 19.2 Å². The molecule has 0 amide bonds. The number of nitro groups is 1. The number of ether oxygens (including phenoxy) is 2. The van der Waals surface area contributed by atoms with Crippen LogP contribution in [-0.2, 0) is 20.8 Å². The molecule has 8 nitrogen and oxygen atoms in total. The molecule has 1 aliphatic rings. The van der Waals surface area contributed by atoms with E-state index in [1.165, 1.54) is 11.7 Å². The van der Waals surface area contributed by atoms with Gasteiger partial charge in [0.15, 0.2) is 0 Å². The standard InChI is InChI=1S/C13H13BrN2O6/c1-7-10(13(18)21-2)4-9(22-7)6-15-5-8(16(19)20)3-11(14)12(15)17/h3,5,9H,4,6H2,1-2H3/t9-/m1/s1. The van der Waals surface area contributed by atoms with Crippen molar-refractivity contribution in [3.05, 3.63) is 48.5 Å². The number of hydrogen-bond acceptors (Lipinski definition) is 6. The molecule has 1 aliphatic heterocycles. The lowest BCUT2D eigenvalue weighted by Gasteiger charge is -2.13. The van der Waals surface area contributed by atoms with Gasteiger partial charge in [-0.3, -0.25) is 14.9 Å². The van der Waals surface area contributed by atoms with Crippen molar-refractivity contribution >= 4 is 27.6 Å². The zero-order chi connectivity index (χ0) is 16.4. The molecule has 2 rings (SSSR count). The Bertz CT molecular complexity index is 724. The summed E-state index contributed by atoms with van der Waals surface area (Å²) in [6.07, 6.45) is 0.980. The molecular weight excluding hydrogens is 360 g/mol. The molecule has 2 heterocycles. The predicted octanol–water partition coefficient (Wildman–Crippen LogP) is 1.75. The molecular formula is C13H13BrN2O6. The topological polar surface area (TPSA) is 101 Å². The van der Waals surface area contributed by atoms with Gasteiger partial charge in [0.25, 0.3) is 11.2 Å². The van der Waals surface area contributed by atoms with Crippen LogP contribution in [0.2, 0.25) is 0 Å². The fourth-order valence-corrected chi connectivity index (χ4v) is 2.69. The van der Waals surface area contributed by atoms with Gasteiger partial charge in [0.2, 0.25) is 0 Å². The van der Waals surface area contributed by atoms with Gasteiger partial charge < -0.3 is 14.0 Å². The van der Waals surface area contributed by atoms with Gasteiger partial charge in [-0.25, -0.2) is 4.79 Å². The van der Waals surface area contributed by atoms with Gasteiger partial charge in [0.05, 0.1) is 34.8 Å². The van der Waals surface area contributed by atoms with Crippen molar-refractivity contribution in [1.82, 2.24) is 4.57 Å². The first-order valence-corrected chi connectivity index (χ1v) is 7.12. The highest BCUT2D eigenvalue weighted by Gasteiger charge is 2.29. The third kappa shape index (κ3) is 3.19. The zero-order valence-electron chi connectivity index (χ0n) is 11.9. The summed E-state index contributed by atoms with van der Waals surface area (Å²) in [5.41, 5.74) is -0.203. The summed E-state index contributed by atoms with van der Waals surface area (Å²) in [7, 11) is 1.28. The average molecular weight is 373 g/mol. The van der Waals surface area contributed by atoms with Crippen LogP contribution in [0.25, 0.3) is 0 Å². The van der Waals surface area contributed by atoms with E-state index in [2.05, 4.69) is 20.7 Å². The van der Waals surface area contributed by atoms with Crippen LogP contribution in [0.15, 0.2) is 32.9 Å². The van der Waals surface area contributed by atoms with Gasteiger partial charge in [-0.1, -0.05) is 0 Å². The molecule has 0 fully saturated rings. The number of rotatable bonds is 4. The summed E-state index contributed by atoms with van der Waals surface area (Å²) >= 11 is 3.01. The summed E-state index contributed by atoms with van der Waals surface area (Å²) in [6.45, 7) is 1.73. The van der Waals surface area contributed by atoms with Crippen molar-refractivity contribution in [2.75, 3.05) is 7.11 Å². The normalized spacial score (nSPS) is 17.3. The molecule has 1 atom stereocenters. The SMILES string of the molecule is COC(=O)C1=C(C)O[C@@H](Cn2cc([N+](=O)[O-])cc(Br)c2=O)C1. The molecule has 1 aromatic heterocycles. The number of carbonyl (C=O) groups excluding carboxylic acids is 1. The third-order valence-corrected chi connectivity index (χ3v) is 3.84. The minimum absolute atomic E-state index is 0.0942. The quantitative estimate of drug-likeness (QED) is 0.453. The average Bonchev–Trinajstić information content (AvgIpc) is 2.83. The summed E-state index contributed by atoms with van der Waals surface area (Å²) in [5.74, 6) is -0.0398. The summed E-state index contributed by atoms with van der Waals surface area (Å²) in [6, 6.07) is 1.15. The number of hydrogen-bond donors (Lipinski definition) is 0. The van der Waals surface area contributed by atoms with Crippen molar-refractivity contribution in [2.24, 2.45) is 0 Å². The fraction of sp³-hybridized carbons (Fsp3) is 0.385. The lowest BCUT2D eigenvalue weighted by atomic mass is 10.1. The smallest absolute Gasteiger partial charge is 0.337 e. The van der Waals surface area contributed by atoms with E-state index >= 15 is 0 Å². The van der Waals surface area contributed by atoms with Gasteiger partial charge >= 0.3 is 5.97 Å². The number of carbonyl (C=O) groups is 1. The minimum atomic E-state index is -0.584. The van der Waals surface area contributed by atoms with E-state index in [0.717, 1.165) is 12.3 Å². The molecule has 0 bridgehead atoms. The maximum atomic E-state index is 12.0. The lowest BCUT2D eigenvalue weighted by molar-refractivity contribution is -0.385. The second kappa shape index (κ2) is 6.30. The lowest BCUT2D eigenvalue weighted by Crippen LogP contribution is -2.27. The highest BCUT2D eigenvalue weighted by molar-refractivity contribution is 9.10. The summed E-state index contributed by atoms with van der Waals surface area (Å²) in [4.78, 5) is 33.8. The second-order valence-corrected chi connectivity index (χ2v) is 5.59. The first-order valence-electron chi connectivity index (χ1n) is 6.32. The fourth-order valence-electron chi connectivity index (χ4n) is 2.23. The van der Waals surface area contributed by atoms with E-state index in [4.69, 9.17) is 4.74 Å². The van der Waals surface area contributed by atoms with Gasteiger partial charge in [0.1, 0.15) is 11.9 Å². The van der Waals surface area contributed by atoms with Crippen molar-refractivity contribution in [3.63, 3.8) is 0 Å². The van der Waals surface area contributed by atoms with E-state index in [-0.39, 0.29) is 23.1 Å². The maximum Gasteiger partial charge on any atom is 0.337 e. The predicted molar refractivity (Wildman–Crippen MR) is 79.3 cm³/mol. The van der Waals surface area contributed by atoms with Crippen LogP contribution >= 0.6 is 15.9 Å². The number of allylic oxidation sites excluding steroid dienone is 1. The van der Waals surface area contributed by atoms with Gasteiger partial charge in [-0.05, 0) is 22.9 Å². The van der Waals surface area contributed by atoms with E-state index in [9.17, 15) is 19.7 Å². The Morgan fingerprint density at radius 1 is 1.64 bits per heavy atom. The van der Waals surface area contributed by atoms with Crippen LogP contribution in [0.5, 0.6) is 0 Å². The Balaban J connectivity index is 2.22. The largest absolute Gasteiger partial charge is 0.492 e. The Morgan fingerprint density at radius 3 is 2.91 bits per heavy atom. The van der Waals surface area contributed by atoms with E-state index in [1.807, 2.05) is 0 Å². The van der Waals surface area contributed by atoms with Crippen LogP contribution in [0.1, 0.15) is 13.3 Å². The molecule has 9 heteroatoms. The number of aromatic nitrogens is 1. The first-order chi connectivity index (χ1) is 10.3. The van der Waals surface area contributed by atoms with Gasteiger partial charge in [-0.2, -0.15) is 0 Å². The van der Waals surface area contributed by atoms with Crippen molar-refractivity contribution in [3.8, 4) is 0 Å². The molecule has 0 N–H and O–H groups in total. The number of nitrogens with zero attached hydrogens (tertiary/aromatic N) is 2. The molecule has 0 aromatic carbocycles. The Labute approximate surface area is 133 Å². The maximum absolute atomic E-state index is 12.0. The molecule has 0 unspecified atom stereocenters. The summed E-state index contributed by atoms with van der Waals surface area (Å²) in [5, 5.41) is 10.9. The van der Waals surface area contributed by atoms with Gasteiger partial charge in [0, 0.05) is 12.5 Å². The molecule has 0 spiro atoms. The molecule has 118 valence electrons. The highest BCUT2D eigenvalue weighted by atomic mass is 79.9.